The lowest BCUT2D eigenvalue weighted by atomic mass is 10.1. The van der Waals surface area contributed by atoms with Crippen LogP contribution >= 0.6 is 39.1 Å². The number of hydrogen-bond acceptors (Lipinski definition) is 3. The molecule has 0 fully saturated rings. The highest BCUT2D eigenvalue weighted by atomic mass is 79.9. The van der Waals surface area contributed by atoms with Crippen molar-refractivity contribution in [1.29, 1.82) is 5.26 Å². The molecule has 0 radical (unpaired) electrons. The number of amides is 1. The Morgan fingerprint density at radius 1 is 1.05 bits per heavy atom. The number of halogens is 3. The molecule has 0 atom stereocenters. The first-order chi connectivity index (χ1) is 17.7. The molecule has 4 aromatic rings. The zero-order chi connectivity index (χ0) is 26.5. The summed E-state index contributed by atoms with van der Waals surface area (Å²) in [7, 11) is 0. The summed E-state index contributed by atoms with van der Waals surface area (Å²) in [4.78, 5) is 12.7. The second-order valence-corrected chi connectivity index (χ2v) is 10.1. The van der Waals surface area contributed by atoms with Crippen molar-refractivity contribution in [3.8, 4) is 17.5 Å². The normalized spacial score (nSPS) is 11.2. The maximum Gasteiger partial charge on any atom is 0.266 e. The van der Waals surface area contributed by atoms with Gasteiger partial charge < -0.3 is 14.6 Å². The number of aryl methyl sites for hydroxylation is 1. The molecular weight excluding hydrogens is 573 g/mol. The molecule has 8 heteroatoms. The largest absolute Gasteiger partial charge is 0.489 e. The second-order valence-electron chi connectivity index (χ2n) is 8.31. The lowest BCUT2D eigenvalue weighted by Crippen LogP contribution is -2.13. The summed E-state index contributed by atoms with van der Waals surface area (Å²) in [5.74, 6) is 0.241. The fourth-order valence-corrected chi connectivity index (χ4v) is 4.59. The highest BCUT2D eigenvalue weighted by Gasteiger charge is 2.14. The minimum Gasteiger partial charge on any atom is -0.489 e. The van der Waals surface area contributed by atoms with Gasteiger partial charge in [0.2, 0.25) is 0 Å². The van der Waals surface area contributed by atoms with Gasteiger partial charge in [0.15, 0.2) is 0 Å². The number of rotatable bonds is 7. The smallest absolute Gasteiger partial charge is 0.266 e. The summed E-state index contributed by atoms with van der Waals surface area (Å²) >= 11 is 15.6. The van der Waals surface area contributed by atoms with Gasteiger partial charge in [-0.3, -0.25) is 4.79 Å². The topological polar surface area (TPSA) is 67.0 Å². The van der Waals surface area contributed by atoms with Crippen molar-refractivity contribution in [3.05, 3.63) is 115 Å². The van der Waals surface area contributed by atoms with Gasteiger partial charge in [-0.05, 0) is 92.2 Å². The quantitative estimate of drug-likeness (QED) is 0.173. The third-order valence-electron chi connectivity index (χ3n) is 5.74. The van der Waals surface area contributed by atoms with Crippen molar-refractivity contribution in [2.75, 3.05) is 5.32 Å². The SMILES string of the molecule is Cc1cc(/C=C(/C#N)C(=O)Nc2ccc(Br)cc2)c(C)n1-c1ccc(OCc2ccc(Cl)cc2Cl)cc1. The maximum absolute atomic E-state index is 12.7. The molecule has 0 saturated heterocycles. The molecule has 0 spiro atoms. The van der Waals surface area contributed by atoms with Crippen molar-refractivity contribution < 1.29 is 9.53 Å². The van der Waals surface area contributed by atoms with E-state index in [2.05, 4.69) is 25.8 Å². The van der Waals surface area contributed by atoms with Crippen LogP contribution < -0.4 is 10.1 Å². The van der Waals surface area contributed by atoms with Crippen molar-refractivity contribution in [3.63, 3.8) is 0 Å². The van der Waals surface area contributed by atoms with Crippen LogP contribution in [0.4, 0.5) is 5.69 Å². The average molecular weight is 595 g/mol. The van der Waals surface area contributed by atoms with Crippen LogP contribution in [0.1, 0.15) is 22.5 Å². The van der Waals surface area contributed by atoms with Crippen molar-refractivity contribution in [2.24, 2.45) is 0 Å². The van der Waals surface area contributed by atoms with E-state index < -0.39 is 5.91 Å². The van der Waals surface area contributed by atoms with Crippen LogP contribution in [0.5, 0.6) is 5.75 Å². The summed E-state index contributed by atoms with van der Waals surface area (Å²) < 4.78 is 8.85. The van der Waals surface area contributed by atoms with Crippen LogP contribution in [-0.4, -0.2) is 10.5 Å². The molecule has 1 N–H and O–H groups in total. The molecule has 0 bridgehead atoms. The van der Waals surface area contributed by atoms with E-state index in [-0.39, 0.29) is 5.57 Å². The molecular formula is C29H22BrCl2N3O2. The molecule has 0 aliphatic heterocycles. The van der Waals surface area contributed by atoms with E-state index in [9.17, 15) is 10.1 Å². The minimum absolute atomic E-state index is 0.0211. The number of carbonyl (C=O) groups excluding carboxylic acids is 1. The van der Waals surface area contributed by atoms with Crippen LogP contribution in [0.15, 0.2) is 82.8 Å². The van der Waals surface area contributed by atoms with E-state index in [1.165, 1.54) is 0 Å². The van der Waals surface area contributed by atoms with Crippen molar-refractivity contribution >= 4 is 56.8 Å². The number of aromatic nitrogens is 1. The summed E-state index contributed by atoms with van der Waals surface area (Å²) in [6.07, 6.45) is 1.61. The average Bonchev–Trinajstić information content (AvgIpc) is 3.16. The standard InChI is InChI=1S/C29H22BrCl2N3O2/c1-18-13-21(14-22(16-33)29(36)34-25-7-4-23(30)5-8-25)19(2)35(18)26-9-11-27(12-10-26)37-17-20-3-6-24(31)15-28(20)32/h3-15H,17H2,1-2H3,(H,34,36)/b22-14-. The monoisotopic (exact) mass is 593 g/mol. The summed E-state index contributed by atoms with van der Waals surface area (Å²) in [6.45, 7) is 4.25. The molecule has 0 aliphatic rings. The van der Waals surface area contributed by atoms with Crippen molar-refractivity contribution in [2.45, 2.75) is 20.5 Å². The van der Waals surface area contributed by atoms with Gasteiger partial charge in [-0.25, -0.2) is 0 Å². The van der Waals surface area contributed by atoms with Crippen LogP contribution in [-0.2, 0) is 11.4 Å². The molecule has 1 heterocycles. The first-order valence-corrected chi connectivity index (χ1v) is 12.8. The third kappa shape index (κ3) is 6.44. The molecule has 0 unspecified atom stereocenters. The predicted octanol–water partition coefficient (Wildman–Crippen LogP) is 8.29. The fraction of sp³-hybridized carbons (Fsp3) is 0.103. The Balaban J connectivity index is 1.51. The number of nitriles is 1. The summed E-state index contributed by atoms with van der Waals surface area (Å²) in [6, 6.07) is 24.1. The minimum atomic E-state index is -0.461. The molecule has 1 amide bonds. The molecule has 0 aliphatic carbocycles. The molecule has 5 nitrogen and oxygen atoms in total. The van der Waals surface area contributed by atoms with Gasteiger partial charge in [0.05, 0.1) is 0 Å². The van der Waals surface area contributed by atoms with E-state index in [1.807, 2.05) is 68.4 Å². The number of benzene rings is 3. The number of nitrogens with one attached hydrogen (secondary N) is 1. The molecule has 4 rings (SSSR count). The molecule has 0 saturated carbocycles. The maximum atomic E-state index is 12.7. The Hall–Kier alpha value is -3.50. The second kappa shape index (κ2) is 11.7. The number of ether oxygens (including phenoxy) is 1. The lowest BCUT2D eigenvalue weighted by molar-refractivity contribution is -0.112. The van der Waals surface area contributed by atoms with E-state index in [0.29, 0.717) is 28.1 Å². The molecule has 186 valence electrons. The zero-order valence-corrected chi connectivity index (χ0v) is 23.2. The first kappa shape index (κ1) is 26.6. The Bertz CT molecular complexity index is 1520. The third-order valence-corrected chi connectivity index (χ3v) is 6.86. The van der Waals surface area contributed by atoms with Crippen molar-refractivity contribution in [1.82, 2.24) is 4.57 Å². The summed E-state index contributed by atoms with van der Waals surface area (Å²) in [5, 5.41) is 13.5. The predicted molar refractivity (Wildman–Crippen MR) is 152 cm³/mol. The van der Waals surface area contributed by atoms with Gasteiger partial charge in [0.1, 0.15) is 24.0 Å². The number of carbonyl (C=O) groups is 1. The highest BCUT2D eigenvalue weighted by molar-refractivity contribution is 9.10. The van der Waals surface area contributed by atoms with Crippen LogP contribution in [0, 0.1) is 25.2 Å². The Morgan fingerprint density at radius 2 is 1.76 bits per heavy atom. The van der Waals surface area contributed by atoms with Crippen LogP contribution in [0.2, 0.25) is 10.0 Å². The van der Waals surface area contributed by atoms with Gasteiger partial charge in [-0.15, -0.1) is 0 Å². The van der Waals surface area contributed by atoms with Gasteiger partial charge in [-0.2, -0.15) is 5.26 Å². The highest BCUT2D eigenvalue weighted by Crippen LogP contribution is 2.26. The van der Waals surface area contributed by atoms with Gasteiger partial charge in [0.25, 0.3) is 5.91 Å². The lowest BCUT2D eigenvalue weighted by Gasteiger charge is -2.12. The molecule has 37 heavy (non-hydrogen) atoms. The van der Waals surface area contributed by atoms with E-state index in [1.54, 1.807) is 30.3 Å². The first-order valence-electron chi connectivity index (χ1n) is 11.3. The van der Waals surface area contributed by atoms with Gasteiger partial charge in [0, 0.05) is 42.8 Å². The number of nitrogens with zero attached hydrogens (tertiary/aromatic N) is 2. The fourth-order valence-electron chi connectivity index (χ4n) is 3.86. The van der Waals surface area contributed by atoms with Gasteiger partial charge >= 0.3 is 0 Å². The Labute approximate surface area is 234 Å². The summed E-state index contributed by atoms with van der Waals surface area (Å²) in [5.41, 5.74) is 5.08. The van der Waals surface area contributed by atoms with Gasteiger partial charge in [-0.1, -0.05) is 45.2 Å². The Morgan fingerprint density at radius 3 is 2.41 bits per heavy atom. The van der Waals surface area contributed by atoms with E-state index in [4.69, 9.17) is 27.9 Å². The van der Waals surface area contributed by atoms with Crippen LogP contribution in [0.25, 0.3) is 11.8 Å². The van der Waals surface area contributed by atoms with E-state index in [0.717, 1.165) is 32.7 Å². The number of anilines is 1. The Kier molecular flexibility index (Phi) is 8.40. The molecule has 3 aromatic carbocycles. The van der Waals surface area contributed by atoms with E-state index >= 15 is 0 Å². The van der Waals surface area contributed by atoms with Crippen LogP contribution in [0.3, 0.4) is 0 Å². The molecule has 1 aromatic heterocycles. The number of hydrogen-bond donors (Lipinski definition) is 1. The zero-order valence-electron chi connectivity index (χ0n) is 20.1.